The molecule has 1 aromatic rings. The van der Waals surface area contributed by atoms with Crippen molar-refractivity contribution in [2.45, 2.75) is 38.5 Å². The van der Waals surface area contributed by atoms with Crippen LogP contribution in [0.15, 0.2) is 6.20 Å². The van der Waals surface area contributed by atoms with E-state index in [-0.39, 0.29) is 12.1 Å². The molecule has 0 bridgehead atoms. The first kappa shape index (κ1) is 13.5. The molecule has 6 heteroatoms. The minimum Gasteiger partial charge on any atom is -0.374 e. The van der Waals surface area contributed by atoms with E-state index in [2.05, 4.69) is 29.1 Å². The Labute approximate surface area is 108 Å². The van der Waals surface area contributed by atoms with Crippen molar-refractivity contribution < 1.29 is 4.74 Å². The lowest BCUT2D eigenvalue weighted by molar-refractivity contribution is -0.0496. The smallest absolute Gasteiger partial charge is 0.0857 e. The normalized spacial score (nSPS) is 23.5. The predicted octanol–water partition coefficient (Wildman–Crippen LogP) is -0.206. The van der Waals surface area contributed by atoms with Crippen LogP contribution in [-0.4, -0.2) is 57.8 Å². The molecule has 102 valence electrons. The van der Waals surface area contributed by atoms with Crippen LogP contribution in [0, 0.1) is 0 Å². The summed E-state index contributed by atoms with van der Waals surface area (Å²) < 4.78 is 7.48. The van der Waals surface area contributed by atoms with E-state index in [0.717, 1.165) is 25.4 Å². The third-order valence-electron chi connectivity index (χ3n) is 3.43. The van der Waals surface area contributed by atoms with Gasteiger partial charge in [0.05, 0.1) is 18.4 Å². The number of aromatic nitrogens is 3. The maximum Gasteiger partial charge on any atom is 0.0857 e. The number of hydrogen-bond donors (Lipinski definition) is 1. The molecule has 1 aliphatic rings. The molecular formula is C12H23N5O. The van der Waals surface area contributed by atoms with E-state index >= 15 is 0 Å². The molecule has 6 nitrogen and oxygen atoms in total. The molecule has 2 atom stereocenters. The van der Waals surface area contributed by atoms with Crippen LogP contribution in [0.2, 0.25) is 0 Å². The first-order valence-corrected chi connectivity index (χ1v) is 6.52. The molecule has 0 aliphatic carbocycles. The molecule has 2 heterocycles. The van der Waals surface area contributed by atoms with Crippen LogP contribution in [0.3, 0.4) is 0 Å². The highest BCUT2D eigenvalue weighted by molar-refractivity contribution is 4.98. The van der Waals surface area contributed by atoms with Gasteiger partial charge in [-0.15, -0.1) is 5.10 Å². The molecule has 1 aromatic heterocycles. The Kier molecular flexibility index (Phi) is 4.31. The maximum atomic E-state index is 6.22. The Balaban J connectivity index is 1.90. The Hall–Kier alpha value is -0.980. The first-order valence-electron chi connectivity index (χ1n) is 6.52. The standard InChI is InChI=1S/C12H23N5O/c1-9(2)17-4-5-18-12(8-17)11(13)6-10-7-16(3)15-14-10/h7,9,11-12H,4-6,8,13H2,1-3H3. The zero-order valence-corrected chi connectivity index (χ0v) is 11.4. The van der Waals surface area contributed by atoms with Crippen molar-refractivity contribution in [2.24, 2.45) is 12.8 Å². The third-order valence-corrected chi connectivity index (χ3v) is 3.43. The second-order valence-electron chi connectivity index (χ2n) is 5.25. The molecule has 0 saturated carbocycles. The molecule has 2 unspecified atom stereocenters. The van der Waals surface area contributed by atoms with Crippen LogP contribution < -0.4 is 5.73 Å². The SMILES string of the molecule is CC(C)N1CCOC(C(N)Cc2cn(C)nn2)C1. The Morgan fingerprint density at radius 3 is 2.94 bits per heavy atom. The molecule has 2 rings (SSSR count). The summed E-state index contributed by atoms with van der Waals surface area (Å²) >= 11 is 0. The lowest BCUT2D eigenvalue weighted by Gasteiger charge is -2.37. The largest absolute Gasteiger partial charge is 0.374 e. The fourth-order valence-electron chi connectivity index (χ4n) is 2.29. The lowest BCUT2D eigenvalue weighted by Crippen LogP contribution is -2.53. The minimum atomic E-state index is -0.0248. The molecule has 0 spiro atoms. The quantitative estimate of drug-likeness (QED) is 0.804. The van der Waals surface area contributed by atoms with Gasteiger partial charge in [0.1, 0.15) is 0 Å². The molecule has 1 aliphatic heterocycles. The van der Waals surface area contributed by atoms with Crippen LogP contribution in [0.5, 0.6) is 0 Å². The van der Waals surface area contributed by atoms with Crippen molar-refractivity contribution in [3.8, 4) is 0 Å². The highest BCUT2D eigenvalue weighted by Crippen LogP contribution is 2.13. The number of nitrogens with two attached hydrogens (primary N) is 1. The van der Waals surface area contributed by atoms with Gasteiger partial charge < -0.3 is 10.5 Å². The zero-order chi connectivity index (χ0) is 13.1. The average Bonchev–Trinajstić information content (AvgIpc) is 2.75. The summed E-state index contributed by atoms with van der Waals surface area (Å²) in [5.74, 6) is 0. The molecule has 0 aromatic carbocycles. The summed E-state index contributed by atoms with van der Waals surface area (Å²) in [6.07, 6.45) is 2.70. The number of morpholine rings is 1. The topological polar surface area (TPSA) is 69.2 Å². The minimum absolute atomic E-state index is 0.0248. The van der Waals surface area contributed by atoms with Crippen molar-refractivity contribution in [1.29, 1.82) is 0 Å². The second-order valence-corrected chi connectivity index (χ2v) is 5.25. The third kappa shape index (κ3) is 3.28. The molecule has 1 fully saturated rings. The number of ether oxygens (including phenoxy) is 1. The van der Waals surface area contributed by atoms with Gasteiger partial charge in [-0.05, 0) is 13.8 Å². The summed E-state index contributed by atoms with van der Waals surface area (Å²) in [4.78, 5) is 2.41. The molecule has 0 amide bonds. The van der Waals surface area contributed by atoms with Crippen molar-refractivity contribution in [3.05, 3.63) is 11.9 Å². The summed E-state index contributed by atoms with van der Waals surface area (Å²) in [5.41, 5.74) is 7.15. The molecule has 18 heavy (non-hydrogen) atoms. The van der Waals surface area contributed by atoms with Crippen LogP contribution in [-0.2, 0) is 18.2 Å². The summed E-state index contributed by atoms with van der Waals surface area (Å²) in [6.45, 7) is 7.06. The van der Waals surface area contributed by atoms with Crippen LogP contribution in [0.1, 0.15) is 19.5 Å². The van der Waals surface area contributed by atoms with E-state index in [4.69, 9.17) is 10.5 Å². The lowest BCUT2D eigenvalue weighted by atomic mass is 10.0. The highest BCUT2D eigenvalue weighted by Gasteiger charge is 2.27. The molecular weight excluding hydrogens is 230 g/mol. The average molecular weight is 253 g/mol. The van der Waals surface area contributed by atoms with Crippen LogP contribution >= 0.6 is 0 Å². The fourth-order valence-corrected chi connectivity index (χ4v) is 2.29. The number of aryl methyl sites for hydroxylation is 1. The van der Waals surface area contributed by atoms with Gasteiger partial charge in [0.2, 0.25) is 0 Å². The van der Waals surface area contributed by atoms with Gasteiger partial charge in [-0.3, -0.25) is 9.58 Å². The number of rotatable bonds is 4. The van der Waals surface area contributed by atoms with Gasteiger partial charge in [-0.1, -0.05) is 5.21 Å². The van der Waals surface area contributed by atoms with E-state index in [1.807, 2.05) is 13.2 Å². The van der Waals surface area contributed by atoms with Crippen LogP contribution in [0.4, 0.5) is 0 Å². The summed E-state index contributed by atoms with van der Waals surface area (Å²) in [6, 6.07) is 0.517. The first-order chi connectivity index (χ1) is 8.56. The van der Waals surface area contributed by atoms with Gasteiger partial charge in [0.15, 0.2) is 0 Å². The fraction of sp³-hybridized carbons (Fsp3) is 0.833. The van der Waals surface area contributed by atoms with Gasteiger partial charge in [-0.2, -0.15) is 0 Å². The summed E-state index contributed by atoms with van der Waals surface area (Å²) in [7, 11) is 1.86. The van der Waals surface area contributed by atoms with E-state index in [0.29, 0.717) is 12.5 Å². The zero-order valence-electron chi connectivity index (χ0n) is 11.4. The van der Waals surface area contributed by atoms with E-state index in [1.54, 1.807) is 4.68 Å². The number of nitrogens with zero attached hydrogens (tertiary/aromatic N) is 4. The van der Waals surface area contributed by atoms with Crippen molar-refractivity contribution in [2.75, 3.05) is 19.7 Å². The van der Waals surface area contributed by atoms with Crippen LogP contribution in [0.25, 0.3) is 0 Å². The van der Waals surface area contributed by atoms with E-state index < -0.39 is 0 Å². The maximum absolute atomic E-state index is 6.22. The van der Waals surface area contributed by atoms with Crippen molar-refractivity contribution in [3.63, 3.8) is 0 Å². The predicted molar refractivity (Wildman–Crippen MR) is 69.1 cm³/mol. The highest BCUT2D eigenvalue weighted by atomic mass is 16.5. The van der Waals surface area contributed by atoms with Gasteiger partial charge in [0, 0.05) is 44.8 Å². The summed E-state index contributed by atoms with van der Waals surface area (Å²) in [5, 5.41) is 7.99. The molecule has 1 saturated heterocycles. The Bertz CT molecular complexity index is 378. The number of hydrogen-bond acceptors (Lipinski definition) is 5. The Morgan fingerprint density at radius 1 is 1.56 bits per heavy atom. The molecule has 2 N–H and O–H groups in total. The van der Waals surface area contributed by atoms with Gasteiger partial charge >= 0.3 is 0 Å². The molecule has 0 radical (unpaired) electrons. The van der Waals surface area contributed by atoms with Gasteiger partial charge in [0.25, 0.3) is 0 Å². The van der Waals surface area contributed by atoms with E-state index in [1.165, 1.54) is 0 Å². The van der Waals surface area contributed by atoms with Gasteiger partial charge in [-0.25, -0.2) is 0 Å². The van der Waals surface area contributed by atoms with Crippen molar-refractivity contribution >= 4 is 0 Å². The van der Waals surface area contributed by atoms with E-state index in [9.17, 15) is 0 Å². The Morgan fingerprint density at radius 2 is 2.33 bits per heavy atom. The second kappa shape index (κ2) is 5.77. The monoisotopic (exact) mass is 253 g/mol. The van der Waals surface area contributed by atoms with Crippen molar-refractivity contribution in [1.82, 2.24) is 19.9 Å².